The summed E-state index contributed by atoms with van der Waals surface area (Å²) in [7, 11) is 0. The number of nitrogens with two attached hydrogens (primary N) is 1. The molecule has 3 aromatic carbocycles. The number of rotatable bonds is 2. The summed E-state index contributed by atoms with van der Waals surface area (Å²) < 4.78 is 5.95. The first-order valence-corrected chi connectivity index (χ1v) is 7.99. The predicted octanol–water partition coefficient (Wildman–Crippen LogP) is 4.17. The minimum atomic E-state index is -0.440. The number of hydrogen-bond acceptors (Lipinski definition) is 3. The molecule has 4 heteroatoms. The van der Waals surface area contributed by atoms with Gasteiger partial charge in [0.1, 0.15) is 5.52 Å². The van der Waals surface area contributed by atoms with Crippen LogP contribution >= 0.6 is 0 Å². The van der Waals surface area contributed by atoms with Crippen molar-refractivity contribution in [1.82, 2.24) is 4.98 Å². The van der Waals surface area contributed by atoms with Crippen molar-refractivity contribution in [2.24, 2.45) is 5.73 Å². The van der Waals surface area contributed by atoms with Gasteiger partial charge in [0.15, 0.2) is 5.58 Å². The molecule has 0 spiro atoms. The third kappa shape index (κ3) is 2.01. The Hall–Kier alpha value is -3.40. The number of nitrogens with zero attached hydrogens (tertiary/aromatic N) is 1. The van der Waals surface area contributed by atoms with Gasteiger partial charge in [0.25, 0.3) is 0 Å². The molecule has 0 saturated carbocycles. The Morgan fingerprint density at radius 3 is 2.56 bits per heavy atom. The highest BCUT2D eigenvalue weighted by atomic mass is 16.3. The van der Waals surface area contributed by atoms with Crippen LogP contribution in [-0.4, -0.2) is 10.9 Å². The van der Waals surface area contributed by atoms with Gasteiger partial charge < -0.3 is 10.2 Å². The molecule has 0 aliphatic heterocycles. The summed E-state index contributed by atoms with van der Waals surface area (Å²) in [4.78, 5) is 16.5. The van der Waals surface area contributed by atoms with Gasteiger partial charge in [-0.15, -0.1) is 0 Å². The maximum absolute atomic E-state index is 11.9. The van der Waals surface area contributed by atoms with Crippen LogP contribution < -0.4 is 5.73 Å². The minimum absolute atomic E-state index is 0.440. The SMILES string of the molecule is NC(=O)c1ccc(-c2nc3ccccc3o2)c2c1[CH]c1ccccc1-2. The van der Waals surface area contributed by atoms with Crippen molar-refractivity contribution in [3.05, 3.63) is 83.8 Å². The molecule has 1 aliphatic rings. The lowest BCUT2D eigenvalue weighted by Crippen LogP contribution is -2.13. The summed E-state index contributed by atoms with van der Waals surface area (Å²) in [5.74, 6) is 0.1000. The van der Waals surface area contributed by atoms with Gasteiger partial charge in [0.05, 0.1) is 0 Å². The first-order chi connectivity index (χ1) is 12.2. The molecule has 1 amide bonds. The molecule has 1 aliphatic carbocycles. The molecule has 0 atom stereocenters. The van der Waals surface area contributed by atoms with E-state index in [2.05, 4.69) is 4.98 Å². The fraction of sp³-hybridized carbons (Fsp3) is 0. The van der Waals surface area contributed by atoms with Crippen LogP contribution in [0.1, 0.15) is 21.5 Å². The zero-order chi connectivity index (χ0) is 17.0. The first kappa shape index (κ1) is 14.0. The highest BCUT2D eigenvalue weighted by Crippen LogP contribution is 2.45. The molecule has 0 fully saturated rings. The van der Waals surface area contributed by atoms with Gasteiger partial charge in [0, 0.05) is 17.5 Å². The second kappa shape index (κ2) is 5.05. The summed E-state index contributed by atoms with van der Waals surface area (Å²) in [5.41, 5.74) is 12.4. The Kier molecular flexibility index (Phi) is 2.82. The number of oxazole rings is 1. The fourth-order valence-corrected chi connectivity index (χ4v) is 3.45. The van der Waals surface area contributed by atoms with E-state index in [-0.39, 0.29) is 0 Å². The number of para-hydroxylation sites is 2. The van der Waals surface area contributed by atoms with Gasteiger partial charge in [-0.1, -0.05) is 36.4 Å². The molecule has 5 rings (SSSR count). The van der Waals surface area contributed by atoms with E-state index in [4.69, 9.17) is 10.2 Å². The summed E-state index contributed by atoms with van der Waals surface area (Å²) in [6, 6.07) is 19.3. The monoisotopic (exact) mass is 325 g/mol. The highest BCUT2D eigenvalue weighted by Gasteiger charge is 2.28. The Morgan fingerprint density at radius 2 is 1.72 bits per heavy atom. The second-order valence-electron chi connectivity index (χ2n) is 6.03. The van der Waals surface area contributed by atoms with E-state index in [9.17, 15) is 4.79 Å². The quantitative estimate of drug-likeness (QED) is 0.529. The number of hydrogen-bond donors (Lipinski definition) is 1. The Morgan fingerprint density at radius 1 is 0.920 bits per heavy atom. The molecule has 0 saturated heterocycles. The van der Waals surface area contributed by atoms with Gasteiger partial charge in [-0.25, -0.2) is 4.98 Å². The van der Waals surface area contributed by atoms with Gasteiger partial charge in [-0.2, -0.15) is 0 Å². The van der Waals surface area contributed by atoms with E-state index in [0.29, 0.717) is 11.5 Å². The van der Waals surface area contributed by atoms with Crippen molar-refractivity contribution >= 4 is 17.0 Å². The number of primary amides is 1. The van der Waals surface area contributed by atoms with Crippen molar-refractivity contribution in [2.75, 3.05) is 0 Å². The number of amides is 1. The van der Waals surface area contributed by atoms with Crippen LogP contribution in [0.2, 0.25) is 0 Å². The van der Waals surface area contributed by atoms with Gasteiger partial charge >= 0.3 is 0 Å². The Bertz CT molecular complexity index is 1120. The standard InChI is InChI=1S/C21H13N2O2/c22-20(24)14-9-10-15(21-23-17-7-3-4-8-18(17)25-21)19-13-6-2-1-5-12(13)11-16(14)19/h1-11H,(H2,22,24). The van der Waals surface area contributed by atoms with Crippen LogP contribution in [-0.2, 0) is 0 Å². The van der Waals surface area contributed by atoms with Crippen LogP contribution in [0.25, 0.3) is 33.7 Å². The first-order valence-electron chi connectivity index (χ1n) is 7.99. The summed E-state index contributed by atoms with van der Waals surface area (Å²) in [6.07, 6.45) is 2.00. The van der Waals surface area contributed by atoms with E-state index in [1.165, 1.54) is 0 Å². The molecule has 2 N–H and O–H groups in total. The largest absolute Gasteiger partial charge is 0.436 e. The molecule has 1 radical (unpaired) electrons. The third-order valence-corrected chi connectivity index (χ3v) is 4.57. The summed E-state index contributed by atoms with van der Waals surface area (Å²) in [6.45, 7) is 0. The normalized spacial score (nSPS) is 12.2. The number of carbonyl (C=O) groups excluding carboxylic acids is 1. The minimum Gasteiger partial charge on any atom is -0.436 e. The number of fused-ring (bicyclic) bond motifs is 4. The predicted molar refractivity (Wildman–Crippen MR) is 95.9 cm³/mol. The van der Waals surface area contributed by atoms with Crippen LogP contribution in [0.5, 0.6) is 0 Å². The summed E-state index contributed by atoms with van der Waals surface area (Å²) >= 11 is 0. The van der Waals surface area contributed by atoms with E-state index in [1.54, 1.807) is 6.07 Å². The van der Waals surface area contributed by atoms with E-state index >= 15 is 0 Å². The molecule has 1 heterocycles. The van der Waals surface area contributed by atoms with Crippen molar-refractivity contribution in [2.45, 2.75) is 0 Å². The Balaban J connectivity index is 1.82. The van der Waals surface area contributed by atoms with E-state index in [0.717, 1.165) is 38.9 Å². The average molecular weight is 325 g/mol. The van der Waals surface area contributed by atoms with Crippen molar-refractivity contribution in [1.29, 1.82) is 0 Å². The van der Waals surface area contributed by atoms with Crippen LogP contribution in [0, 0.1) is 6.42 Å². The van der Waals surface area contributed by atoms with Crippen LogP contribution in [0.4, 0.5) is 0 Å². The van der Waals surface area contributed by atoms with E-state index in [1.807, 2.05) is 61.0 Å². The number of carbonyl (C=O) groups is 1. The molecule has 119 valence electrons. The molecule has 1 aromatic heterocycles. The highest BCUT2D eigenvalue weighted by molar-refractivity contribution is 6.03. The zero-order valence-electron chi connectivity index (χ0n) is 13.2. The van der Waals surface area contributed by atoms with Crippen molar-refractivity contribution in [3.8, 4) is 22.6 Å². The zero-order valence-corrected chi connectivity index (χ0v) is 13.2. The van der Waals surface area contributed by atoms with Gasteiger partial charge in [-0.3, -0.25) is 4.79 Å². The molecular formula is C21H13N2O2. The molecule has 0 unspecified atom stereocenters. The maximum Gasteiger partial charge on any atom is 0.249 e. The molecular weight excluding hydrogens is 312 g/mol. The topological polar surface area (TPSA) is 69.1 Å². The molecule has 25 heavy (non-hydrogen) atoms. The van der Waals surface area contributed by atoms with Gasteiger partial charge in [0.2, 0.25) is 11.8 Å². The van der Waals surface area contributed by atoms with Crippen LogP contribution in [0.3, 0.4) is 0 Å². The lowest BCUT2D eigenvalue weighted by molar-refractivity contribution is 0.1000. The maximum atomic E-state index is 11.9. The van der Waals surface area contributed by atoms with Gasteiger partial charge in [-0.05, 0) is 46.5 Å². The Labute approximate surface area is 143 Å². The van der Waals surface area contributed by atoms with Crippen molar-refractivity contribution < 1.29 is 9.21 Å². The summed E-state index contributed by atoms with van der Waals surface area (Å²) in [5, 5.41) is 0. The second-order valence-corrected chi connectivity index (χ2v) is 6.03. The smallest absolute Gasteiger partial charge is 0.249 e. The number of aromatic nitrogens is 1. The number of benzene rings is 3. The molecule has 4 nitrogen and oxygen atoms in total. The van der Waals surface area contributed by atoms with Crippen molar-refractivity contribution in [3.63, 3.8) is 0 Å². The lowest BCUT2D eigenvalue weighted by atomic mass is 9.95. The average Bonchev–Trinajstić information content (AvgIpc) is 3.22. The van der Waals surface area contributed by atoms with E-state index < -0.39 is 5.91 Å². The van der Waals surface area contributed by atoms with Crippen LogP contribution in [0.15, 0.2) is 65.1 Å². The molecule has 4 aromatic rings. The fourth-order valence-electron chi connectivity index (χ4n) is 3.45. The third-order valence-electron chi connectivity index (χ3n) is 4.57. The molecule has 0 bridgehead atoms. The lowest BCUT2D eigenvalue weighted by Gasteiger charge is -2.09.